The molecule has 1 aliphatic heterocycles. The van der Waals surface area contributed by atoms with E-state index in [4.69, 9.17) is 5.73 Å². The SMILES string of the molecule is NC1=Nc2c(ccc3c2ccc2ccccc23)C(=O)C1=O. The fourth-order valence-electron chi connectivity index (χ4n) is 2.79. The van der Waals surface area contributed by atoms with E-state index >= 15 is 0 Å². The molecule has 0 unspecified atom stereocenters. The number of nitrogens with two attached hydrogens (primary N) is 1. The first-order valence-corrected chi connectivity index (χ1v) is 6.54. The van der Waals surface area contributed by atoms with Gasteiger partial charge in [0.1, 0.15) is 0 Å². The third-order valence-electron chi connectivity index (χ3n) is 3.81. The second kappa shape index (κ2) is 3.99. The molecule has 0 aliphatic carbocycles. The van der Waals surface area contributed by atoms with Crippen LogP contribution in [0.25, 0.3) is 21.5 Å². The first-order chi connectivity index (χ1) is 10.2. The van der Waals surface area contributed by atoms with Gasteiger partial charge in [0.05, 0.1) is 11.3 Å². The molecule has 21 heavy (non-hydrogen) atoms. The minimum Gasteiger partial charge on any atom is -0.380 e. The maximum Gasteiger partial charge on any atom is 0.268 e. The molecule has 0 amide bonds. The maximum absolute atomic E-state index is 12.0. The van der Waals surface area contributed by atoms with Crippen molar-refractivity contribution in [1.82, 2.24) is 0 Å². The number of carbonyl (C=O) groups excluding carboxylic acids is 2. The number of amidine groups is 1. The number of benzene rings is 3. The van der Waals surface area contributed by atoms with E-state index in [0.29, 0.717) is 11.3 Å². The van der Waals surface area contributed by atoms with E-state index in [1.54, 1.807) is 6.07 Å². The number of hydrogen-bond donors (Lipinski definition) is 1. The Labute approximate surface area is 119 Å². The number of carbonyl (C=O) groups is 2. The normalized spacial score (nSPS) is 14.4. The van der Waals surface area contributed by atoms with Crippen molar-refractivity contribution < 1.29 is 9.59 Å². The standard InChI is InChI=1S/C17H10N2O2/c18-17-16(21)15(20)13-8-7-11-10-4-2-1-3-9(10)5-6-12(11)14(13)19-17/h1-8H,(H2,18,19). The van der Waals surface area contributed by atoms with E-state index in [-0.39, 0.29) is 5.84 Å². The van der Waals surface area contributed by atoms with Crippen molar-refractivity contribution in [1.29, 1.82) is 0 Å². The highest BCUT2D eigenvalue weighted by Crippen LogP contribution is 2.36. The fraction of sp³-hybridized carbons (Fsp3) is 0. The molecule has 1 heterocycles. The lowest BCUT2D eigenvalue weighted by Gasteiger charge is -2.14. The second-order valence-corrected chi connectivity index (χ2v) is 5.00. The molecular formula is C17H10N2O2. The maximum atomic E-state index is 12.0. The zero-order valence-corrected chi connectivity index (χ0v) is 11.0. The summed E-state index contributed by atoms with van der Waals surface area (Å²) in [6.45, 7) is 0. The molecule has 1 aliphatic rings. The minimum absolute atomic E-state index is 0.242. The first-order valence-electron chi connectivity index (χ1n) is 6.54. The molecule has 0 radical (unpaired) electrons. The molecule has 4 nitrogen and oxygen atoms in total. The van der Waals surface area contributed by atoms with Crippen LogP contribution in [0.15, 0.2) is 53.5 Å². The van der Waals surface area contributed by atoms with Crippen molar-refractivity contribution in [2.45, 2.75) is 0 Å². The summed E-state index contributed by atoms with van der Waals surface area (Å²) in [5.74, 6) is -1.57. The highest BCUT2D eigenvalue weighted by atomic mass is 16.2. The lowest BCUT2D eigenvalue weighted by molar-refractivity contribution is -0.109. The van der Waals surface area contributed by atoms with E-state index < -0.39 is 11.6 Å². The van der Waals surface area contributed by atoms with Gasteiger partial charge >= 0.3 is 0 Å². The summed E-state index contributed by atoms with van der Waals surface area (Å²) in [4.78, 5) is 27.8. The van der Waals surface area contributed by atoms with Crippen LogP contribution in [0.4, 0.5) is 5.69 Å². The van der Waals surface area contributed by atoms with Crippen molar-refractivity contribution in [2.75, 3.05) is 0 Å². The summed E-state index contributed by atoms with van der Waals surface area (Å²) in [6.07, 6.45) is 0. The monoisotopic (exact) mass is 274 g/mol. The van der Waals surface area contributed by atoms with E-state index in [9.17, 15) is 9.59 Å². The van der Waals surface area contributed by atoms with E-state index in [2.05, 4.69) is 4.99 Å². The Balaban J connectivity index is 2.18. The molecule has 3 aromatic carbocycles. The van der Waals surface area contributed by atoms with Gasteiger partial charge in [0.2, 0.25) is 5.78 Å². The van der Waals surface area contributed by atoms with Gasteiger partial charge in [-0.3, -0.25) is 9.59 Å². The number of nitrogens with zero attached hydrogens (tertiary/aromatic N) is 1. The number of ketones is 2. The number of hydrogen-bond acceptors (Lipinski definition) is 4. The molecule has 0 saturated carbocycles. The Kier molecular flexibility index (Phi) is 2.24. The molecule has 0 bridgehead atoms. The molecule has 0 spiro atoms. The fourth-order valence-corrected chi connectivity index (χ4v) is 2.79. The highest BCUT2D eigenvalue weighted by Gasteiger charge is 2.28. The molecule has 2 N–H and O–H groups in total. The summed E-state index contributed by atoms with van der Waals surface area (Å²) >= 11 is 0. The number of fused-ring (bicyclic) bond motifs is 5. The predicted octanol–water partition coefficient (Wildman–Crippen LogP) is 2.75. The molecular weight excluding hydrogens is 264 g/mol. The average Bonchev–Trinajstić information content (AvgIpc) is 2.52. The molecule has 4 heteroatoms. The van der Waals surface area contributed by atoms with Gasteiger partial charge < -0.3 is 5.73 Å². The van der Waals surface area contributed by atoms with E-state index in [1.807, 2.05) is 42.5 Å². The number of rotatable bonds is 0. The molecule has 0 atom stereocenters. The van der Waals surface area contributed by atoms with E-state index in [0.717, 1.165) is 21.5 Å². The highest BCUT2D eigenvalue weighted by molar-refractivity contribution is 6.69. The average molecular weight is 274 g/mol. The Morgan fingerprint density at radius 1 is 0.762 bits per heavy atom. The third-order valence-corrected chi connectivity index (χ3v) is 3.81. The molecule has 100 valence electrons. The number of aliphatic imine (C=N–C) groups is 1. The summed E-state index contributed by atoms with van der Waals surface area (Å²) in [6, 6.07) is 15.4. The van der Waals surface area contributed by atoms with Crippen LogP contribution in [0.2, 0.25) is 0 Å². The van der Waals surface area contributed by atoms with Crippen molar-refractivity contribution in [3.05, 3.63) is 54.1 Å². The van der Waals surface area contributed by atoms with Gasteiger partial charge in [-0.15, -0.1) is 0 Å². The summed E-state index contributed by atoms with van der Waals surface area (Å²) in [5.41, 5.74) is 6.37. The summed E-state index contributed by atoms with van der Waals surface area (Å²) in [5, 5.41) is 4.01. The van der Waals surface area contributed by atoms with E-state index in [1.165, 1.54) is 0 Å². The Bertz CT molecular complexity index is 987. The summed E-state index contributed by atoms with van der Waals surface area (Å²) < 4.78 is 0. The molecule has 0 saturated heterocycles. The van der Waals surface area contributed by atoms with Crippen molar-refractivity contribution in [2.24, 2.45) is 10.7 Å². The Hall–Kier alpha value is -3.01. The topological polar surface area (TPSA) is 72.5 Å². The zero-order chi connectivity index (χ0) is 14.6. The van der Waals surface area contributed by atoms with Crippen LogP contribution < -0.4 is 5.73 Å². The van der Waals surface area contributed by atoms with Crippen LogP contribution in [0.3, 0.4) is 0 Å². The van der Waals surface area contributed by atoms with Crippen molar-refractivity contribution in [3.8, 4) is 0 Å². The van der Waals surface area contributed by atoms with Crippen LogP contribution in [0, 0.1) is 0 Å². The van der Waals surface area contributed by atoms with Crippen LogP contribution in [-0.2, 0) is 4.79 Å². The van der Waals surface area contributed by atoms with Gasteiger partial charge in [-0.25, -0.2) is 4.99 Å². The van der Waals surface area contributed by atoms with Gasteiger partial charge in [0.25, 0.3) is 5.78 Å². The van der Waals surface area contributed by atoms with Gasteiger partial charge in [-0.1, -0.05) is 42.5 Å². The quantitative estimate of drug-likeness (QED) is 0.506. The first kappa shape index (κ1) is 11.8. The van der Waals surface area contributed by atoms with Gasteiger partial charge in [0, 0.05) is 5.39 Å². The molecule has 4 rings (SSSR count). The van der Waals surface area contributed by atoms with Crippen molar-refractivity contribution in [3.63, 3.8) is 0 Å². The van der Waals surface area contributed by atoms with Crippen LogP contribution >= 0.6 is 0 Å². The van der Waals surface area contributed by atoms with Crippen LogP contribution in [0.5, 0.6) is 0 Å². The molecule has 0 fully saturated rings. The van der Waals surface area contributed by atoms with Crippen molar-refractivity contribution >= 4 is 44.6 Å². The number of Topliss-reactive ketones (excluding diaryl/α,β-unsaturated/α-hetero) is 2. The lowest BCUT2D eigenvalue weighted by atomic mass is 9.94. The minimum atomic E-state index is -0.734. The zero-order valence-electron chi connectivity index (χ0n) is 11.0. The van der Waals surface area contributed by atoms with Gasteiger partial charge in [-0.05, 0) is 22.2 Å². The third kappa shape index (κ3) is 1.53. The van der Waals surface area contributed by atoms with Gasteiger partial charge in [-0.2, -0.15) is 0 Å². The largest absolute Gasteiger partial charge is 0.380 e. The summed E-state index contributed by atoms with van der Waals surface area (Å²) in [7, 11) is 0. The molecule has 3 aromatic rings. The van der Waals surface area contributed by atoms with Crippen LogP contribution in [0.1, 0.15) is 10.4 Å². The molecule has 0 aromatic heterocycles. The smallest absolute Gasteiger partial charge is 0.268 e. The van der Waals surface area contributed by atoms with Crippen LogP contribution in [-0.4, -0.2) is 17.4 Å². The van der Waals surface area contributed by atoms with Gasteiger partial charge in [0.15, 0.2) is 5.84 Å². The predicted molar refractivity (Wildman–Crippen MR) is 82.1 cm³/mol. The lowest BCUT2D eigenvalue weighted by Crippen LogP contribution is -2.33. The Morgan fingerprint density at radius 2 is 1.52 bits per heavy atom. The second-order valence-electron chi connectivity index (χ2n) is 5.00. The Morgan fingerprint density at radius 3 is 2.38 bits per heavy atom.